The summed E-state index contributed by atoms with van der Waals surface area (Å²) in [5.74, 6) is 0.656. The highest BCUT2D eigenvalue weighted by atomic mass is 35.5. The standard InChI is InChI=1S/C19H19ClN2O3S/c1-13-17(26-18(21-13)14-5-7-15(20)8-6-14)19(23)22(9-11-24-2)12-16-4-3-10-25-16/h3-8,10H,9,11-12H2,1-2H3. The number of rotatable bonds is 7. The van der Waals surface area contributed by atoms with Crippen LogP contribution in [0.1, 0.15) is 21.1 Å². The van der Waals surface area contributed by atoms with Gasteiger partial charge in [-0.05, 0) is 31.2 Å². The first-order chi connectivity index (χ1) is 12.6. The van der Waals surface area contributed by atoms with E-state index in [1.807, 2.05) is 43.3 Å². The van der Waals surface area contributed by atoms with Gasteiger partial charge in [0.15, 0.2) is 0 Å². The molecule has 3 rings (SSSR count). The lowest BCUT2D eigenvalue weighted by atomic mass is 10.2. The number of carbonyl (C=O) groups excluding carboxylic acids is 1. The second-order valence-electron chi connectivity index (χ2n) is 5.74. The highest BCUT2D eigenvalue weighted by Gasteiger charge is 2.23. The summed E-state index contributed by atoms with van der Waals surface area (Å²) in [6, 6.07) is 11.1. The zero-order chi connectivity index (χ0) is 18.5. The number of hydrogen-bond donors (Lipinski definition) is 0. The average molecular weight is 391 g/mol. The van der Waals surface area contributed by atoms with E-state index < -0.39 is 0 Å². The van der Waals surface area contributed by atoms with Crippen LogP contribution >= 0.6 is 22.9 Å². The first-order valence-electron chi connectivity index (χ1n) is 8.12. The molecule has 0 unspecified atom stereocenters. The largest absolute Gasteiger partial charge is 0.467 e. The Labute approximate surface area is 161 Å². The third kappa shape index (κ3) is 4.33. The maximum Gasteiger partial charge on any atom is 0.266 e. The van der Waals surface area contributed by atoms with E-state index in [9.17, 15) is 4.79 Å². The van der Waals surface area contributed by atoms with Crippen LogP contribution in [-0.2, 0) is 11.3 Å². The summed E-state index contributed by atoms with van der Waals surface area (Å²) in [7, 11) is 1.62. The molecule has 3 aromatic rings. The molecule has 136 valence electrons. The SMILES string of the molecule is COCCN(Cc1ccco1)C(=O)c1sc(-c2ccc(Cl)cc2)nc1C. The Morgan fingerprint density at radius 1 is 1.31 bits per heavy atom. The number of ether oxygens (including phenoxy) is 1. The van der Waals surface area contributed by atoms with Crippen LogP contribution in [0.5, 0.6) is 0 Å². The third-order valence-electron chi connectivity index (χ3n) is 3.86. The molecule has 2 aromatic heterocycles. The molecule has 2 heterocycles. The van der Waals surface area contributed by atoms with Crippen molar-refractivity contribution in [2.45, 2.75) is 13.5 Å². The maximum atomic E-state index is 13.1. The van der Waals surface area contributed by atoms with Crippen molar-refractivity contribution in [1.82, 2.24) is 9.88 Å². The van der Waals surface area contributed by atoms with Gasteiger partial charge < -0.3 is 14.1 Å². The molecular formula is C19H19ClN2O3S. The second-order valence-corrected chi connectivity index (χ2v) is 7.17. The third-order valence-corrected chi connectivity index (χ3v) is 5.31. The Kier molecular flexibility index (Phi) is 6.08. The Bertz CT molecular complexity index is 860. The van der Waals surface area contributed by atoms with Gasteiger partial charge in [0.1, 0.15) is 15.6 Å². The van der Waals surface area contributed by atoms with Gasteiger partial charge in [-0.25, -0.2) is 4.98 Å². The summed E-state index contributed by atoms with van der Waals surface area (Å²) < 4.78 is 10.5. The number of methoxy groups -OCH3 is 1. The summed E-state index contributed by atoms with van der Waals surface area (Å²) in [4.78, 5) is 20.0. The molecule has 1 amide bonds. The summed E-state index contributed by atoms with van der Waals surface area (Å²) in [6.07, 6.45) is 1.60. The van der Waals surface area contributed by atoms with E-state index in [0.29, 0.717) is 35.3 Å². The lowest BCUT2D eigenvalue weighted by Crippen LogP contribution is -2.33. The fraction of sp³-hybridized carbons (Fsp3) is 0.263. The molecule has 0 atom stereocenters. The molecule has 0 bridgehead atoms. The van der Waals surface area contributed by atoms with E-state index in [0.717, 1.165) is 16.3 Å². The fourth-order valence-electron chi connectivity index (χ4n) is 2.50. The van der Waals surface area contributed by atoms with Gasteiger partial charge >= 0.3 is 0 Å². The van der Waals surface area contributed by atoms with Gasteiger partial charge in [-0.15, -0.1) is 11.3 Å². The number of nitrogens with zero attached hydrogens (tertiary/aromatic N) is 2. The molecule has 0 N–H and O–H groups in total. The molecule has 1 aromatic carbocycles. The van der Waals surface area contributed by atoms with Gasteiger partial charge in [0, 0.05) is 24.2 Å². The van der Waals surface area contributed by atoms with Crippen molar-refractivity contribution in [2.75, 3.05) is 20.3 Å². The number of benzene rings is 1. The Balaban J connectivity index is 1.85. The Hall–Kier alpha value is -2.15. The summed E-state index contributed by atoms with van der Waals surface area (Å²) >= 11 is 7.33. The van der Waals surface area contributed by atoms with Gasteiger partial charge in [0.2, 0.25) is 0 Å². The number of hydrogen-bond acceptors (Lipinski definition) is 5. The average Bonchev–Trinajstić information content (AvgIpc) is 3.28. The Morgan fingerprint density at radius 2 is 2.08 bits per heavy atom. The first kappa shape index (κ1) is 18.6. The summed E-state index contributed by atoms with van der Waals surface area (Å²) in [5.41, 5.74) is 1.66. The Morgan fingerprint density at radius 3 is 2.73 bits per heavy atom. The van der Waals surface area contributed by atoms with Gasteiger partial charge in [0.25, 0.3) is 5.91 Å². The molecule has 26 heavy (non-hydrogen) atoms. The van der Waals surface area contributed by atoms with E-state index in [-0.39, 0.29) is 5.91 Å². The number of carbonyl (C=O) groups is 1. The highest BCUT2D eigenvalue weighted by molar-refractivity contribution is 7.17. The topological polar surface area (TPSA) is 55.6 Å². The van der Waals surface area contributed by atoms with E-state index in [4.69, 9.17) is 20.8 Å². The van der Waals surface area contributed by atoms with Gasteiger partial charge in [0.05, 0.1) is 25.1 Å². The fourth-order valence-corrected chi connectivity index (χ4v) is 3.66. The van der Waals surface area contributed by atoms with Crippen LogP contribution in [0.15, 0.2) is 47.1 Å². The van der Waals surface area contributed by atoms with E-state index in [2.05, 4.69) is 4.98 Å². The van der Waals surface area contributed by atoms with Crippen LogP contribution in [-0.4, -0.2) is 36.1 Å². The quantitative estimate of drug-likeness (QED) is 0.589. The maximum absolute atomic E-state index is 13.1. The number of thiazole rings is 1. The van der Waals surface area contributed by atoms with Crippen LogP contribution in [0, 0.1) is 6.92 Å². The van der Waals surface area contributed by atoms with Crippen molar-refractivity contribution >= 4 is 28.8 Å². The second kappa shape index (κ2) is 8.49. The van der Waals surface area contributed by atoms with Gasteiger partial charge in [-0.1, -0.05) is 23.7 Å². The van der Waals surface area contributed by atoms with Crippen molar-refractivity contribution in [2.24, 2.45) is 0 Å². The molecule has 0 radical (unpaired) electrons. The lowest BCUT2D eigenvalue weighted by Gasteiger charge is -2.20. The lowest BCUT2D eigenvalue weighted by molar-refractivity contribution is 0.0670. The zero-order valence-corrected chi connectivity index (χ0v) is 16.1. The first-order valence-corrected chi connectivity index (χ1v) is 9.32. The molecular weight excluding hydrogens is 372 g/mol. The molecule has 7 heteroatoms. The summed E-state index contributed by atoms with van der Waals surface area (Å²) in [5, 5.41) is 1.47. The number of amides is 1. The molecule has 0 fully saturated rings. The minimum Gasteiger partial charge on any atom is -0.467 e. The van der Waals surface area contributed by atoms with Crippen molar-refractivity contribution < 1.29 is 13.9 Å². The molecule has 0 spiro atoms. The normalized spacial score (nSPS) is 10.9. The molecule has 0 aliphatic rings. The van der Waals surface area contributed by atoms with Crippen molar-refractivity contribution in [3.63, 3.8) is 0 Å². The van der Waals surface area contributed by atoms with Crippen LogP contribution < -0.4 is 0 Å². The van der Waals surface area contributed by atoms with Gasteiger partial charge in [-0.3, -0.25) is 4.79 Å². The number of aromatic nitrogens is 1. The van der Waals surface area contributed by atoms with Crippen molar-refractivity contribution in [3.8, 4) is 10.6 Å². The minimum absolute atomic E-state index is 0.0753. The van der Waals surface area contributed by atoms with Crippen molar-refractivity contribution in [3.05, 3.63) is 64.0 Å². The summed E-state index contributed by atoms with van der Waals surface area (Å²) in [6.45, 7) is 3.17. The van der Waals surface area contributed by atoms with Crippen molar-refractivity contribution in [1.29, 1.82) is 0 Å². The van der Waals surface area contributed by atoms with E-state index >= 15 is 0 Å². The molecule has 0 saturated carbocycles. The number of halogens is 1. The smallest absolute Gasteiger partial charge is 0.266 e. The predicted octanol–water partition coefficient (Wildman–Crippen LogP) is 4.65. The van der Waals surface area contributed by atoms with Crippen LogP contribution in [0.3, 0.4) is 0 Å². The number of furan rings is 1. The molecule has 5 nitrogen and oxygen atoms in total. The molecule has 0 aliphatic heterocycles. The zero-order valence-electron chi connectivity index (χ0n) is 14.6. The molecule has 0 saturated heterocycles. The minimum atomic E-state index is -0.0753. The monoisotopic (exact) mass is 390 g/mol. The van der Waals surface area contributed by atoms with E-state index in [1.165, 1.54) is 11.3 Å². The van der Waals surface area contributed by atoms with Crippen LogP contribution in [0.2, 0.25) is 5.02 Å². The van der Waals surface area contributed by atoms with Gasteiger partial charge in [-0.2, -0.15) is 0 Å². The predicted molar refractivity (Wildman–Crippen MR) is 103 cm³/mol. The van der Waals surface area contributed by atoms with Crippen LogP contribution in [0.4, 0.5) is 0 Å². The van der Waals surface area contributed by atoms with Crippen LogP contribution in [0.25, 0.3) is 10.6 Å². The van der Waals surface area contributed by atoms with E-state index in [1.54, 1.807) is 18.3 Å². The molecule has 0 aliphatic carbocycles. The number of aryl methyl sites for hydroxylation is 1. The highest BCUT2D eigenvalue weighted by Crippen LogP contribution is 2.30.